The van der Waals surface area contributed by atoms with E-state index in [1.54, 1.807) is 46.8 Å². The largest absolute Gasteiger partial charge is 0.472 e. The molecule has 350 valence electrons. The fourth-order valence-electron chi connectivity index (χ4n) is 5.19. The van der Waals surface area contributed by atoms with Gasteiger partial charge in [0.1, 0.15) is 5.76 Å². The molecule has 0 fully saturated rings. The van der Waals surface area contributed by atoms with Gasteiger partial charge in [0.25, 0.3) is 0 Å². The Labute approximate surface area is 405 Å². The van der Waals surface area contributed by atoms with Crippen LogP contribution in [0, 0.1) is 19.0 Å². The summed E-state index contributed by atoms with van der Waals surface area (Å²) in [5.74, 6) is 1.76. The predicted molar refractivity (Wildman–Crippen MR) is 288 cm³/mol. The van der Waals surface area contributed by atoms with Crippen LogP contribution in [0.25, 0.3) is 56.3 Å². The van der Waals surface area contributed by atoms with Crippen LogP contribution in [-0.4, -0.2) is 24.9 Å². The lowest BCUT2D eigenvalue weighted by atomic mass is 10.2. The molecule has 0 aliphatic rings. The number of aromatic nitrogens is 5. The summed E-state index contributed by atoms with van der Waals surface area (Å²) in [7, 11) is 0. The summed E-state index contributed by atoms with van der Waals surface area (Å²) in [4.78, 5) is 18.2. The van der Waals surface area contributed by atoms with Crippen LogP contribution < -0.4 is 0 Å². The molecule has 10 aromatic heterocycles. The van der Waals surface area contributed by atoms with E-state index >= 15 is 0 Å². The molecule has 0 aromatic carbocycles. The number of aromatic amines is 5. The average molecular weight is 956 g/mol. The first-order valence-electron chi connectivity index (χ1n) is 22.2. The van der Waals surface area contributed by atoms with E-state index < -0.39 is 0 Å². The van der Waals surface area contributed by atoms with E-state index in [4.69, 9.17) is 8.83 Å². The molecule has 10 aromatic rings. The van der Waals surface area contributed by atoms with Crippen molar-refractivity contribution in [2.24, 2.45) is 0 Å². The molecule has 0 saturated carbocycles. The Balaban J connectivity index is 0.000000387. The first-order valence-corrected chi connectivity index (χ1v) is 25.5. The second-order valence-electron chi connectivity index (χ2n) is 11.9. The monoisotopic (exact) mass is 955 g/mol. The Morgan fingerprint density at radius 3 is 1.22 bits per heavy atom. The summed E-state index contributed by atoms with van der Waals surface area (Å²) in [6, 6.07) is 29.8. The zero-order valence-electron chi connectivity index (χ0n) is 40.1. The maximum atomic E-state index is 12.5. The minimum absolute atomic E-state index is 0.144. The number of nitrogens with one attached hydrogen (secondary N) is 5. The molecule has 0 bridgehead atoms. The highest BCUT2D eigenvalue weighted by atomic mass is 32.1. The minimum Gasteiger partial charge on any atom is -0.472 e. The van der Waals surface area contributed by atoms with Gasteiger partial charge in [-0.2, -0.15) is 17.0 Å². The van der Waals surface area contributed by atoms with Crippen LogP contribution in [0.1, 0.15) is 84.8 Å². The zero-order chi connectivity index (χ0) is 48.2. The van der Waals surface area contributed by atoms with Gasteiger partial charge < -0.3 is 33.8 Å². The summed E-state index contributed by atoms with van der Waals surface area (Å²) in [5, 5.41) is 5.97. The Morgan fingerprint density at radius 2 is 0.892 bits per heavy atom. The molecule has 0 spiro atoms. The first-order chi connectivity index (χ1) is 31.9. The Hall–Kier alpha value is -5.66. The van der Waals surface area contributed by atoms with Crippen LogP contribution in [0.4, 0.5) is 4.39 Å². The van der Waals surface area contributed by atoms with Crippen molar-refractivity contribution in [3.63, 3.8) is 0 Å². The predicted octanol–water partition coefficient (Wildman–Crippen LogP) is 19.1. The van der Waals surface area contributed by atoms with Crippen molar-refractivity contribution >= 4 is 46.6 Å². The van der Waals surface area contributed by atoms with Crippen molar-refractivity contribution in [2.75, 3.05) is 0 Å². The zero-order valence-corrected chi connectivity index (χ0v) is 43.4. The number of thiol groups is 1. The summed E-state index contributed by atoms with van der Waals surface area (Å²) in [6.45, 7) is 24.1. The lowest BCUT2D eigenvalue weighted by Crippen LogP contribution is -1.70. The van der Waals surface area contributed by atoms with E-state index in [-0.39, 0.29) is 5.13 Å². The van der Waals surface area contributed by atoms with Crippen LogP contribution in [0.2, 0.25) is 0 Å². The van der Waals surface area contributed by atoms with E-state index in [1.165, 1.54) is 38.3 Å². The van der Waals surface area contributed by atoms with Crippen molar-refractivity contribution in [3.8, 4) is 56.3 Å². The molecule has 10 heterocycles. The fraction of sp³-hybridized carbons (Fsp3) is 0.245. The molecule has 0 aliphatic heterocycles. The third-order valence-corrected chi connectivity index (χ3v) is 11.0. The molecule has 10 rings (SSSR count). The molecule has 0 unspecified atom stereocenters. The van der Waals surface area contributed by atoms with Gasteiger partial charge in [-0.1, -0.05) is 69.2 Å². The van der Waals surface area contributed by atoms with Crippen LogP contribution in [0.15, 0.2) is 166 Å². The highest BCUT2D eigenvalue weighted by molar-refractivity contribution is 7.79. The maximum Gasteiger partial charge on any atom is 0.177 e. The minimum atomic E-state index is -0.144. The summed E-state index contributed by atoms with van der Waals surface area (Å²) < 4.78 is 22.6. The van der Waals surface area contributed by atoms with Gasteiger partial charge in [-0.3, -0.25) is 0 Å². The SMILES string of the molecule is CC.CC.CC.CC.CC.Cc1cc(-c2ccc[nH]2)co1.Cc1cc(-c2ccc[nH]2)cs1.Fc1cc(-c2ccc[nH]2)cs1.SCc1cc(-c2ccc[nH]2)cs1.c1c[nH]c(-c2ccoc2)c1. The topological polar surface area (TPSA) is 105 Å². The quantitative estimate of drug-likeness (QED) is 0.0935. The van der Waals surface area contributed by atoms with Crippen molar-refractivity contribution in [1.82, 2.24) is 24.9 Å². The van der Waals surface area contributed by atoms with E-state index in [0.29, 0.717) is 0 Å². The number of aryl methyl sites for hydroxylation is 2. The summed E-state index contributed by atoms with van der Waals surface area (Å²) in [5.41, 5.74) is 11.2. The summed E-state index contributed by atoms with van der Waals surface area (Å²) in [6.07, 6.45) is 14.6. The van der Waals surface area contributed by atoms with Gasteiger partial charge in [-0.05, 0) is 105 Å². The van der Waals surface area contributed by atoms with Crippen molar-refractivity contribution in [3.05, 3.63) is 178 Å². The van der Waals surface area contributed by atoms with Crippen molar-refractivity contribution < 1.29 is 13.2 Å². The van der Waals surface area contributed by atoms with Crippen LogP contribution in [0.3, 0.4) is 0 Å². The van der Waals surface area contributed by atoms with Gasteiger partial charge in [-0.25, -0.2) is 0 Å². The molecule has 12 heteroatoms. The maximum absolute atomic E-state index is 12.5. The van der Waals surface area contributed by atoms with Crippen LogP contribution in [0.5, 0.6) is 0 Å². The van der Waals surface area contributed by atoms with E-state index in [0.717, 1.165) is 56.6 Å². The lowest BCUT2D eigenvalue weighted by molar-refractivity contribution is 0.535. The second-order valence-corrected chi connectivity index (χ2v) is 15.2. The highest BCUT2D eigenvalue weighted by Crippen LogP contribution is 2.26. The van der Waals surface area contributed by atoms with Gasteiger partial charge in [0, 0.05) is 119 Å². The number of thiophene rings is 3. The van der Waals surface area contributed by atoms with Gasteiger partial charge in [0.15, 0.2) is 5.13 Å². The molecule has 0 aliphatic carbocycles. The number of hydrogen-bond acceptors (Lipinski definition) is 6. The van der Waals surface area contributed by atoms with E-state index in [9.17, 15) is 4.39 Å². The normalized spacial score (nSPS) is 9.14. The number of halogens is 1. The van der Waals surface area contributed by atoms with Crippen LogP contribution >= 0.6 is 46.6 Å². The van der Waals surface area contributed by atoms with Crippen molar-refractivity contribution in [2.45, 2.75) is 88.8 Å². The molecule has 0 amide bonds. The first kappa shape index (κ1) is 57.4. The molecule has 65 heavy (non-hydrogen) atoms. The van der Waals surface area contributed by atoms with Gasteiger partial charge >= 0.3 is 0 Å². The molecule has 5 N–H and O–H groups in total. The second kappa shape index (κ2) is 35.7. The molecule has 0 atom stereocenters. The Morgan fingerprint density at radius 1 is 0.477 bits per heavy atom. The highest BCUT2D eigenvalue weighted by Gasteiger charge is 2.03. The molecule has 0 radical (unpaired) electrons. The van der Waals surface area contributed by atoms with Gasteiger partial charge in [0.05, 0.1) is 18.8 Å². The molecular weight excluding hydrogens is 886 g/mol. The van der Waals surface area contributed by atoms with Gasteiger partial charge in [0.2, 0.25) is 0 Å². The number of rotatable bonds is 6. The number of hydrogen-bond donors (Lipinski definition) is 6. The standard InChI is InChI=1S/C9H9NO.C9H9NS2.C9H9NS.C8H6FNS.C8H7NO.5C2H6/c1-7-5-8(6-11-7)9-3-2-4-10-9;11-5-8-4-7(6-12-8)9-2-1-3-10-9;1-7-5-8(6-11-7)9-3-2-4-10-9;9-8-4-6(5-11-8)7-2-1-3-10-7;1-2-8(9-4-1)7-3-5-10-6-7;5*1-2/h2-6,10H,1H3;1-4,6,10-11H,5H2;2-6,10H,1H3;1-5,10H;1-6,9H;5*1-2H3. The van der Waals surface area contributed by atoms with Crippen molar-refractivity contribution in [1.29, 1.82) is 0 Å². The van der Waals surface area contributed by atoms with Crippen LogP contribution in [-0.2, 0) is 5.75 Å². The fourth-order valence-corrected chi connectivity index (χ4v) is 7.58. The molecule has 7 nitrogen and oxygen atoms in total. The third-order valence-electron chi connectivity index (χ3n) is 7.90. The number of H-pyrrole nitrogens is 5. The lowest BCUT2D eigenvalue weighted by Gasteiger charge is -1.88. The summed E-state index contributed by atoms with van der Waals surface area (Å²) >= 11 is 8.87. The smallest absolute Gasteiger partial charge is 0.177 e. The Bertz CT molecular complexity index is 2250. The third kappa shape index (κ3) is 20.8. The molecule has 0 saturated heterocycles. The number of furan rings is 2. The molecular formula is C53H70FN5O2S4. The van der Waals surface area contributed by atoms with E-state index in [1.807, 2.05) is 168 Å². The Kier molecular flexibility index (Phi) is 31.5. The van der Waals surface area contributed by atoms with E-state index in [2.05, 4.69) is 79.5 Å². The average Bonchev–Trinajstić information content (AvgIpc) is 4.18. The van der Waals surface area contributed by atoms with Gasteiger partial charge in [-0.15, -0.1) is 34.0 Å².